The molecule has 0 saturated heterocycles. The standard InChI is InChI=1S/C17H26BrNO3/c1-12(2)10-14(19-16(20)22-17(3,4)5)11-21-15-8-6-13(18)7-9-15/h6-9,12,14H,10-11H2,1-5H3,(H,19,20)/t14-/m0/s1. The summed E-state index contributed by atoms with van der Waals surface area (Å²) < 4.78 is 12.1. The first-order chi connectivity index (χ1) is 10.2. The van der Waals surface area contributed by atoms with E-state index in [0.717, 1.165) is 16.6 Å². The van der Waals surface area contributed by atoms with Crippen molar-refractivity contribution in [3.05, 3.63) is 28.7 Å². The summed E-state index contributed by atoms with van der Waals surface area (Å²) in [5.41, 5.74) is -0.501. The zero-order chi connectivity index (χ0) is 16.8. The Kier molecular flexibility index (Phi) is 7.20. The van der Waals surface area contributed by atoms with Crippen LogP contribution in [0.5, 0.6) is 5.75 Å². The molecule has 0 aliphatic heterocycles. The van der Waals surface area contributed by atoms with Gasteiger partial charge in [0.1, 0.15) is 18.0 Å². The fourth-order valence-corrected chi connectivity index (χ4v) is 2.20. The lowest BCUT2D eigenvalue weighted by molar-refractivity contribution is 0.0480. The van der Waals surface area contributed by atoms with E-state index in [-0.39, 0.29) is 6.04 Å². The highest BCUT2D eigenvalue weighted by Gasteiger charge is 2.20. The number of halogens is 1. The van der Waals surface area contributed by atoms with Gasteiger partial charge in [-0.25, -0.2) is 4.79 Å². The second-order valence-electron chi connectivity index (χ2n) is 6.74. The lowest BCUT2D eigenvalue weighted by Crippen LogP contribution is -2.42. The third kappa shape index (κ3) is 8.27. The Balaban J connectivity index is 2.56. The van der Waals surface area contributed by atoms with Gasteiger partial charge in [0, 0.05) is 4.47 Å². The van der Waals surface area contributed by atoms with Crippen molar-refractivity contribution in [1.29, 1.82) is 0 Å². The molecule has 0 aliphatic rings. The summed E-state index contributed by atoms with van der Waals surface area (Å²) in [5, 5.41) is 2.89. The molecule has 0 fully saturated rings. The van der Waals surface area contributed by atoms with Gasteiger partial charge in [-0.15, -0.1) is 0 Å². The molecule has 0 aliphatic carbocycles. The molecular weight excluding hydrogens is 346 g/mol. The monoisotopic (exact) mass is 371 g/mol. The first-order valence-corrected chi connectivity index (χ1v) is 8.33. The Morgan fingerprint density at radius 3 is 2.32 bits per heavy atom. The van der Waals surface area contributed by atoms with Crippen LogP contribution in [0.4, 0.5) is 4.79 Å². The van der Waals surface area contributed by atoms with E-state index in [1.807, 2.05) is 45.0 Å². The zero-order valence-corrected chi connectivity index (χ0v) is 15.6. The van der Waals surface area contributed by atoms with Crippen LogP contribution in [-0.4, -0.2) is 24.3 Å². The van der Waals surface area contributed by atoms with Crippen LogP contribution >= 0.6 is 15.9 Å². The highest BCUT2D eigenvalue weighted by atomic mass is 79.9. The summed E-state index contributed by atoms with van der Waals surface area (Å²) in [5.74, 6) is 1.23. The summed E-state index contributed by atoms with van der Waals surface area (Å²) >= 11 is 3.39. The second-order valence-corrected chi connectivity index (χ2v) is 7.65. The molecule has 0 unspecified atom stereocenters. The van der Waals surface area contributed by atoms with E-state index in [1.54, 1.807) is 0 Å². The topological polar surface area (TPSA) is 47.6 Å². The van der Waals surface area contributed by atoms with Crippen molar-refractivity contribution in [2.45, 2.75) is 52.7 Å². The number of carbonyl (C=O) groups is 1. The molecule has 5 heteroatoms. The number of alkyl carbamates (subject to hydrolysis) is 1. The smallest absolute Gasteiger partial charge is 0.407 e. The van der Waals surface area contributed by atoms with Crippen molar-refractivity contribution >= 4 is 22.0 Å². The molecule has 124 valence electrons. The zero-order valence-electron chi connectivity index (χ0n) is 14.0. The third-order valence-electron chi connectivity index (χ3n) is 2.74. The largest absolute Gasteiger partial charge is 0.491 e. The number of carbonyl (C=O) groups excluding carboxylic acids is 1. The molecule has 0 heterocycles. The van der Waals surface area contributed by atoms with E-state index in [1.165, 1.54) is 0 Å². The molecule has 0 spiro atoms. The lowest BCUT2D eigenvalue weighted by atomic mass is 10.0. The molecule has 1 N–H and O–H groups in total. The van der Waals surface area contributed by atoms with E-state index >= 15 is 0 Å². The van der Waals surface area contributed by atoms with Gasteiger partial charge in [-0.2, -0.15) is 0 Å². The van der Waals surface area contributed by atoms with Crippen LogP contribution in [0, 0.1) is 5.92 Å². The Morgan fingerprint density at radius 2 is 1.82 bits per heavy atom. The molecule has 4 nitrogen and oxygen atoms in total. The SMILES string of the molecule is CC(C)C[C@@H](COc1ccc(Br)cc1)NC(=O)OC(C)(C)C. The number of ether oxygens (including phenoxy) is 2. The number of rotatable bonds is 6. The van der Waals surface area contributed by atoms with Crippen LogP contribution in [-0.2, 0) is 4.74 Å². The van der Waals surface area contributed by atoms with Crippen LogP contribution in [0.25, 0.3) is 0 Å². The number of hydrogen-bond donors (Lipinski definition) is 1. The van der Waals surface area contributed by atoms with Crippen molar-refractivity contribution in [3.8, 4) is 5.75 Å². The molecule has 0 bridgehead atoms. The van der Waals surface area contributed by atoms with Gasteiger partial charge in [-0.3, -0.25) is 0 Å². The Bertz CT molecular complexity index is 466. The maximum atomic E-state index is 11.9. The van der Waals surface area contributed by atoms with Gasteiger partial charge < -0.3 is 14.8 Å². The first kappa shape index (κ1) is 18.8. The average Bonchev–Trinajstić information content (AvgIpc) is 2.34. The molecule has 0 saturated carbocycles. The Morgan fingerprint density at radius 1 is 1.23 bits per heavy atom. The van der Waals surface area contributed by atoms with Gasteiger partial charge in [0.2, 0.25) is 0 Å². The van der Waals surface area contributed by atoms with Crippen molar-refractivity contribution in [1.82, 2.24) is 5.32 Å². The summed E-state index contributed by atoms with van der Waals surface area (Å²) in [6.07, 6.45) is 0.424. The highest BCUT2D eigenvalue weighted by molar-refractivity contribution is 9.10. The minimum absolute atomic E-state index is 0.0847. The molecule has 1 atom stereocenters. The van der Waals surface area contributed by atoms with Crippen LogP contribution in [0.15, 0.2) is 28.7 Å². The first-order valence-electron chi connectivity index (χ1n) is 7.53. The van der Waals surface area contributed by atoms with Gasteiger partial charge in [0.05, 0.1) is 6.04 Å². The van der Waals surface area contributed by atoms with Crippen molar-refractivity contribution < 1.29 is 14.3 Å². The molecule has 1 aromatic carbocycles. The molecule has 0 aromatic heterocycles. The molecule has 0 radical (unpaired) electrons. The van der Waals surface area contributed by atoms with Gasteiger partial charge in [-0.1, -0.05) is 29.8 Å². The molecule has 22 heavy (non-hydrogen) atoms. The number of hydrogen-bond acceptors (Lipinski definition) is 3. The summed E-state index contributed by atoms with van der Waals surface area (Å²) in [6, 6.07) is 7.55. The van der Waals surface area contributed by atoms with E-state index in [0.29, 0.717) is 12.5 Å². The average molecular weight is 372 g/mol. The summed E-state index contributed by atoms with van der Waals surface area (Å²) in [4.78, 5) is 11.9. The molecule has 1 amide bonds. The van der Waals surface area contributed by atoms with E-state index in [4.69, 9.17) is 9.47 Å². The van der Waals surface area contributed by atoms with Gasteiger partial charge >= 0.3 is 6.09 Å². The number of benzene rings is 1. The molecular formula is C17H26BrNO3. The van der Waals surface area contributed by atoms with Crippen LogP contribution < -0.4 is 10.1 Å². The number of amides is 1. The van der Waals surface area contributed by atoms with Gasteiger partial charge in [-0.05, 0) is 57.4 Å². The normalized spacial score (nSPS) is 12.9. The summed E-state index contributed by atoms with van der Waals surface area (Å²) in [6.45, 7) is 10.2. The molecule has 1 aromatic rings. The van der Waals surface area contributed by atoms with Crippen LogP contribution in [0.3, 0.4) is 0 Å². The van der Waals surface area contributed by atoms with E-state index in [2.05, 4.69) is 35.1 Å². The Hall–Kier alpha value is -1.23. The lowest BCUT2D eigenvalue weighted by Gasteiger charge is -2.24. The Labute approximate surface area is 141 Å². The van der Waals surface area contributed by atoms with E-state index < -0.39 is 11.7 Å². The van der Waals surface area contributed by atoms with Crippen molar-refractivity contribution in [2.75, 3.05) is 6.61 Å². The van der Waals surface area contributed by atoms with Crippen molar-refractivity contribution in [3.63, 3.8) is 0 Å². The predicted octanol–water partition coefficient (Wildman–Crippen LogP) is 4.77. The molecule has 1 rings (SSSR count). The minimum atomic E-state index is -0.501. The predicted molar refractivity (Wildman–Crippen MR) is 92.2 cm³/mol. The second kappa shape index (κ2) is 8.42. The fourth-order valence-electron chi connectivity index (χ4n) is 1.94. The maximum absolute atomic E-state index is 11.9. The van der Waals surface area contributed by atoms with Crippen molar-refractivity contribution in [2.24, 2.45) is 5.92 Å². The van der Waals surface area contributed by atoms with Gasteiger partial charge in [0.15, 0.2) is 0 Å². The fraction of sp³-hybridized carbons (Fsp3) is 0.588. The van der Waals surface area contributed by atoms with Crippen LogP contribution in [0.1, 0.15) is 41.0 Å². The quantitative estimate of drug-likeness (QED) is 0.783. The maximum Gasteiger partial charge on any atom is 0.407 e. The van der Waals surface area contributed by atoms with E-state index in [9.17, 15) is 4.79 Å². The van der Waals surface area contributed by atoms with Gasteiger partial charge in [0.25, 0.3) is 0 Å². The minimum Gasteiger partial charge on any atom is -0.491 e. The van der Waals surface area contributed by atoms with Crippen LogP contribution in [0.2, 0.25) is 0 Å². The third-order valence-corrected chi connectivity index (χ3v) is 3.27. The summed E-state index contributed by atoms with van der Waals surface area (Å²) in [7, 11) is 0. The number of nitrogens with one attached hydrogen (secondary N) is 1. The highest BCUT2D eigenvalue weighted by Crippen LogP contribution is 2.17.